The quantitative estimate of drug-likeness (QED) is 0.870. The van der Waals surface area contributed by atoms with E-state index in [-0.39, 0.29) is 5.60 Å². The SMILES string of the molecule is CC(C)(C)OCC(O)c1ccc(Cl)s1. The number of thiophene rings is 1. The van der Waals surface area contributed by atoms with Crippen LogP contribution in [0.1, 0.15) is 31.8 Å². The Labute approximate surface area is 93.5 Å². The molecular weight excluding hydrogens is 220 g/mol. The van der Waals surface area contributed by atoms with Crippen molar-refractivity contribution >= 4 is 22.9 Å². The highest BCUT2D eigenvalue weighted by Crippen LogP contribution is 2.27. The highest BCUT2D eigenvalue weighted by Gasteiger charge is 2.15. The number of hydrogen-bond donors (Lipinski definition) is 1. The Morgan fingerprint density at radius 3 is 2.57 bits per heavy atom. The Morgan fingerprint density at radius 1 is 1.50 bits per heavy atom. The molecule has 4 heteroatoms. The van der Waals surface area contributed by atoms with E-state index in [9.17, 15) is 5.11 Å². The minimum atomic E-state index is -0.577. The summed E-state index contributed by atoms with van der Waals surface area (Å²) in [7, 11) is 0. The zero-order chi connectivity index (χ0) is 10.8. The monoisotopic (exact) mass is 234 g/mol. The number of aliphatic hydroxyl groups is 1. The molecule has 0 saturated heterocycles. The molecule has 80 valence electrons. The second kappa shape index (κ2) is 4.62. The van der Waals surface area contributed by atoms with Gasteiger partial charge in [0.25, 0.3) is 0 Å². The summed E-state index contributed by atoms with van der Waals surface area (Å²) in [5, 5.41) is 9.72. The standard InChI is InChI=1S/C10H15ClO2S/c1-10(2,3)13-6-7(12)8-4-5-9(11)14-8/h4-5,7,12H,6H2,1-3H3. The average molecular weight is 235 g/mol. The van der Waals surface area contributed by atoms with Crippen LogP contribution in [0, 0.1) is 0 Å². The van der Waals surface area contributed by atoms with E-state index in [0.717, 1.165) is 4.88 Å². The molecule has 0 aliphatic heterocycles. The van der Waals surface area contributed by atoms with Crippen LogP contribution in [-0.2, 0) is 4.74 Å². The van der Waals surface area contributed by atoms with Gasteiger partial charge in [0.05, 0.1) is 16.5 Å². The molecule has 1 aromatic rings. The lowest BCUT2D eigenvalue weighted by Gasteiger charge is -2.21. The van der Waals surface area contributed by atoms with Crippen molar-refractivity contribution in [1.82, 2.24) is 0 Å². The lowest BCUT2D eigenvalue weighted by molar-refractivity contribution is -0.0487. The lowest BCUT2D eigenvalue weighted by Crippen LogP contribution is -2.22. The van der Waals surface area contributed by atoms with Crippen molar-refractivity contribution in [3.63, 3.8) is 0 Å². The summed E-state index contributed by atoms with van der Waals surface area (Å²) in [6.07, 6.45) is -0.577. The average Bonchev–Trinajstić information content (AvgIpc) is 2.46. The van der Waals surface area contributed by atoms with E-state index < -0.39 is 6.10 Å². The number of aliphatic hydroxyl groups excluding tert-OH is 1. The second-order valence-electron chi connectivity index (χ2n) is 4.08. The fourth-order valence-corrected chi connectivity index (χ4v) is 1.95. The zero-order valence-corrected chi connectivity index (χ0v) is 10.2. The molecule has 0 radical (unpaired) electrons. The Balaban J connectivity index is 2.47. The first kappa shape index (κ1) is 12.0. The van der Waals surface area contributed by atoms with E-state index in [1.165, 1.54) is 11.3 Å². The molecule has 2 nitrogen and oxygen atoms in total. The van der Waals surface area contributed by atoms with E-state index in [2.05, 4.69) is 0 Å². The molecule has 1 unspecified atom stereocenters. The third kappa shape index (κ3) is 3.96. The van der Waals surface area contributed by atoms with Crippen molar-refractivity contribution in [2.24, 2.45) is 0 Å². The molecule has 1 atom stereocenters. The predicted molar refractivity (Wildman–Crippen MR) is 60.0 cm³/mol. The molecule has 0 fully saturated rings. The van der Waals surface area contributed by atoms with Crippen LogP contribution in [0.2, 0.25) is 4.34 Å². The highest BCUT2D eigenvalue weighted by molar-refractivity contribution is 7.16. The van der Waals surface area contributed by atoms with Gasteiger partial charge < -0.3 is 9.84 Å². The van der Waals surface area contributed by atoms with Crippen LogP contribution in [0.25, 0.3) is 0 Å². The van der Waals surface area contributed by atoms with E-state index in [4.69, 9.17) is 16.3 Å². The second-order valence-corrected chi connectivity index (χ2v) is 5.83. The molecule has 1 N–H and O–H groups in total. The van der Waals surface area contributed by atoms with Gasteiger partial charge in [-0.3, -0.25) is 0 Å². The van der Waals surface area contributed by atoms with Gasteiger partial charge in [-0.15, -0.1) is 11.3 Å². The zero-order valence-electron chi connectivity index (χ0n) is 8.58. The van der Waals surface area contributed by atoms with Gasteiger partial charge in [0.1, 0.15) is 6.10 Å². The van der Waals surface area contributed by atoms with Crippen molar-refractivity contribution in [1.29, 1.82) is 0 Å². The van der Waals surface area contributed by atoms with Crippen LogP contribution in [0.5, 0.6) is 0 Å². The molecule has 14 heavy (non-hydrogen) atoms. The van der Waals surface area contributed by atoms with Gasteiger partial charge in [-0.05, 0) is 32.9 Å². The van der Waals surface area contributed by atoms with Crippen molar-refractivity contribution in [3.8, 4) is 0 Å². The molecule has 0 bridgehead atoms. The number of ether oxygens (including phenoxy) is 1. The number of hydrogen-bond acceptors (Lipinski definition) is 3. The van der Waals surface area contributed by atoms with Gasteiger partial charge in [0.15, 0.2) is 0 Å². The van der Waals surface area contributed by atoms with E-state index in [0.29, 0.717) is 10.9 Å². The third-order valence-corrected chi connectivity index (χ3v) is 2.93. The highest BCUT2D eigenvalue weighted by atomic mass is 35.5. The van der Waals surface area contributed by atoms with E-state index in [1.54, 1.807) is 6.07 Å². The van der Waals surface area contributed by atoms with Crippen LogP contribution < -0.4 is 0 Å². The van der Waals surface area contributed by atoms with Crippen molar-refractivity contribution in [2.45, 2.75) is 32.5 Å². The van der Waals surface area contributed by atoms with Gasteiger partial charge in [-0.1, -0.05) is 11.6 Å². The molecule has 0 aliphatic rings. The van der Waals surface area contributed by atoms with Crippen LogP contribution >= 0.6 is 22.9 Å². The smallest absolute Gasteiger partial charge is 0.111 e. The molecule has 1 heterocycles. The fraction of sp³-hybridized carbons (Fsp3) is 0.600. The van der Waals surface area contributed by atoms with E-state index in [1.807, 2.05) is 26.8 Å². The minimum Gasteiger partial charge on any atom is -0.385 e. The maximum atomic E-state index is 9.72. The van der Waals surface area contributed by atoms with Gasteiger partial charge in [0.2, 0.25) is 0 Å². The van der Waals surface area contributed by atoms with Crippen LogP contribution in [0.15, 0.2) is 12.1 Å². The van der Waals surface area contributed by atoms with Crippen LogP contribution in [-0.4, -0.2) is 17.3 Å². The minimum absolute atomic E-state index is 0.220. The van der Waals surface area contributed by atoms with E-state index >= 15 is 0 Å². The molecule has 0 aliphatic carbocycles. The fourth-order valence-electron chi connectivity index (χ4n) is 0.918. The Hall–Kier alpha value is -0.0900. The van der Waals surface area contributed by atoms with Crippen molar-refractivity contribution in [2.75, 3.05) is 6.61 Å². The van der Waals surface area contributed by atoms with Gasteiger partial charge in [-0.25, -0.2) is 0 Å². The molecule has 1 rings (SSSR count). The number of halogens is 1. The summed E-state index contributed by atoms with van der Waals surface area (Å²) in [6.45, 7) is 6.18. The van der Waals surface area contributed by atoms with Crippen LogP contribution in [0.4, 0.5) is 0 Å². The summed E-state index contributed by atoms with van der Waals surface area (Å²) >= 11 is 7.14. The molecular formula is C10H15ClO2S. The molecule has 0 aromatic carbocycles. The molecule has 1 aromatic heterocycles. The van der Waals surface area contributed by atoms with Crippen LogP contribution in [0.3, 0.4) is 0 Å². The Morgan fingerprint density at radius 2 is 2.14 bits per heavy atom. The molecule has 0 amide bonds. The largest absolute Gasteiger partial charge is 0.385 e. The summed E-state index contributed by atoms with van der Waals surface area (Å²) in [5.41, 5.74) is -0.220. The molecule has 0 saturated carbocycles. The first-order chi connectivity index (χ1) is 6.38. The third-order valence-electron chi connectivity index (χ3n) is 1.60. The van der Waals surface area contributed by atoms with Gasteiger partial charge in [-0.2, -0.15) is 0 Å². The maximum Gasteiger partial charge on any atom is 0.111 e. The van der Waals surface area contributed by atoms with Gasteiger partial charge in [0, 0.05) is 4.88 Å². The topological polar surface area (TPSA) is 29.5 Å². The normalized spacial score (nSPS) is 14.4. The molecule has 0 spiro atoms. The van der Waals surface area contributed by atoms with Crippen molar-refractivity contribution in [3.05, 3.63) is 21.3 Å². The summed E-state index contributed by atoms with van der Waals surface area (Å²) in [6, 6.07) is 3.60. The summed E-state index contributed by atoms with van der Waals surface area (Å²) in [5.74, 6) is 0. The lowest BCUT2D eigenvalue weighted by atomic mass is 10.2. The number of rotatable bonds is 3. The predicted octanol–water partition coefficient (Wildman–Crippen LogP) is 3.25. The Kier molecular flexibility index (Phi) is 3.95. The van der Waals surface area contributed by atoms with Crippen molar-refractivity contribution < 1.29 is 9.84 Å². The first-order valence-corrected chi connectivity index (χ1v) is 5.65. The maximum absolute atomic E-state index is 9.72. The van der Waals surface area contributed by atoms with Gasteiger partial charge >= 0.3 is 0 Å². The summed E-state index contributed by atoms with van der Waals surface area (Å²) < 4.78 is 6.16. The summed E-state index contributed by atoms with van der Waals surface area (Å²) in [4.78, 5) is 0.847. The first-order valence-electron chi connectivity index (χ1n) is 4.46. The Bertz CT molecular complexity index is 291.